The highest BCUT2D eigenvalue weighted by atomic mass is 35.5. The zero-order chi connectivity index (χ0) is 17.0. The van der Waals surface area contributed by atoms with E-state index in [1.807, 2.05) is 26.0 Å². The van der Waals surface area contributed by atoms with Crippen LogP contribution in [0.3, 0.4) is 0 Å². The summed E-state index contributed by atoms with van der Waals surface area (Å²) in [6.45, 7) is 3.98. The molecule has 0 saturated heterocycles. The summed E-state index contributed by atoms with van der Waals surface area (Å²) in [7, 11) is 1.64. The van der Waals surface area contributed by atoms with Crippen LogP contribution < -0.4 is 5.32 Å². The Labute approximate surface area is 140 Å². The Kier molecular flexibility index (Phi) is 5.45. The van der Waals surface area contributed by atoms with Gasteiger partial charge in [0.05, 0.1) is 6.54 Å². The van der Waals surface area contributed by atoms with E-state index < -0.39 is 0 Å². The van der Waals surface area contributed by atoms with Gasteiger partial charge in [0.25, 0.3) is 0 Å². The molecule has 0 radical (unpaired) electrons. The van der Waals surface area contributed by atoms with Crippen molar-refractivity contribution in [2.75, 3.05) is 12.4 Å². The number of amides is 2. The Balaban J connectivity index is 1.91. The monoisotopic (exact) mass is 334 g/mol. The van der Waals surface area contributed by atoms with Gasteiger partial charge in [0.15, 0.2) is 0 Å². The van der Waals surface area contributed by atoms with Crippen LogP contribution in [-0.2, 0) is 16.1 Å². The molecule has 1 N–H and O–H groups in total. The van der Waals surface area contributed by atoms with Gasteiger partial charge in [0.2, 0.25) is 11.8 Å². The first-order valence-electron chi connectivity index (χ1n) is 7.21. The number of rotatable bonds is 5. The van der Waals surface area contributed by atoms with E-state index in [-0.39, 0.29) is 18.2 Å². The molecule has 0 unspecified atom stereocenters. The van der Waals surface area contributed by atoms with E-state index in [1.54, 1.807) is 25.2 Å². The Morgan fingerprint density at radius 3 is 2.61 bits per heavy atom. The number of carbonyl (C=O) groups excluding carboxylic acids is 2. The highest BCUT2D eigenvalue weighted by Gasteiger charge is 2.16. The predicted octanol–water partition coefficient (Wildman–Crippen LogP) is 3.54. The summed E-state index contributed by atoms with van der Waals surface area (Å²) in [5, 5.41) is 3.28. The molecule has 122 valence electrons. The van der Waals surface area contributed by atoms with E-state index in [9.17, 15) is 9.59 Å². The number of hydrogen-bond donors (Lipinski definition) is 1. The van der Waals surface area contributed by atoms with Crippen LogP contribution in [0.4, 0.5) is 5.69 Å². The SMILES string of the molecule is Cc1ccc(CN(C)C(=O)CC(=O)Nc2cccc(Cl)c2C)o1. The lowest BCUT2D eigenvalue weighted by Crippen LogP contribution is -2.30. The van der Waals surface area contributed by atoms with Gasteiger partial charge in [-0.05, 0) is 43.7 Å². The van der Waals surface area contributed by atoms with Crippen molar-refractivity contribution >= 4 is 29.1 Å². The molecule has 2 aromatic rings. The molecule has 0 spiro atoms. The van der Waals surface area contributed by atoms with Gasteiger partial charge in [-0.1, -0.05) is 17.7 Å². The summed E-state index contributed by atoms with van der Waals surface area (Å²) in [4.78, 5) is 25.6. The number of anilines is 1. The molecule has 5 nitrogen and oxygen atoms in total. The Morgan fingerprint density at radius 1 is 1.22 bits per heavy atom. The van der Waals surface area contributed by atoms with Crippen LogP contribution >= 0.6 is 11.6 Å². The van der Waals surface area contributed by atoms with Gasteiger partial charge in [-0.15, -0.1) is 0 Å². The fraction of sp³-hybridized carbons (Fsp3) is 0.294. The minimum Gasteiger partial charge on any atom is -0.464 e. The molecule has 0 fully saturated rings. The molecule has 23 heavy (non-hydrogen) atoms. The van der Waals surface area contributed by atoms with E-state index in [0.717, 1.165) is 11.3 Å². The smallest absolute Gasteiger partial charge is 0.233 e. The molecular weight excluding hydrogens is 316 g/mol. The largest absolute Gasteiger partial charge is 0.464 e. The van der Waals surface area contributed by atoms with Crippen molar-refractivity contribution in [1.82, 2.24) is 4.90 Å². The fourth-order valence-corrected chi connectivity index (χ4v) is 2.28. The zero-order valence-corrected chi connectivity index (χ0v) is 14.1. The number of furan rings is 1. The van der Waals surface area contributed by atoms with Crippen molar-refractivity contribution in [3.63, 3.8) is 0 Å². The molecule has 0 aliphatic carbocycles. The lowest BCUT2D eigenvalue weighted by molar-refractivity contribution is -0.134. The minimum atomic E-state index is -0.372. The van der Waals surface area contributed by atoms with Crippen LogP contribution in [0.15, 0.2) is 34.7 Å². The average molecular weight is 335 g/mol. The third kappa shape index (κ3) is 4.60. The van der Waals surface area contributed by atoms with Crippen LogP contribution in [0.1, 0.15) is 23.5 Å². The van der Waals surface area contributed by atoms with Crippen molar-refractivity contribution in [2.24, 2.45) is 0 Å². The molecule has 0 bridgehead atoms. The predicted molar refractivity (Wildman–Crippen MR) is 89.4 cm³/mol. The van der Waals surface area contributed by atoms with E-state index in [4.69, 9.17) is 16.0 Å². The number of aryl methyl sites for hydroxylation is 1. The maximum Gasteiger partial charge on any atom is 0.233 e. The van der Waals surface area contributed by atoms with Gasteiger partial charge in [0, 0.05) is 17.8 Å². The van der Waals surface area contributed by atoms with Crippen molar-refractivity contribution in [1.29, 1.82) is 0 Å². The minimum absolute atomic E-state index is 0.234. The van der Waals surface area contributed by atoms with Crippen molar-refractivity contribution in [3.8, 4) is 0 Å². The summed E-state index contributed by atoms with van der Waals surface area (Å²) < 4.78 is 5.42. The maximum absolute atomic E-state index is 12.1. The third-order valence-corrected chi connectivity index (χ3v) is 3.88. The number of hydrogen-bond acceptors (Lipinski definition) is 3. The van der Waals surface area contributed by atoms with Crippen LogP contribution in [0.25, 0.3) is 0 Å². The van der Waals surface area contributed by atoms with E-state index in [2.05, 4.69) is 5.32 Å². The summed E-state index contributed by atoms with van der Waals surface area (Å²) in [6, 6.07) is 8.89. The molecule has 6 heteroatoms. The van der Waals surface area contributed by atoms with Gasteiger partial charge in [0.1, 0.15) is 17.9 Å². The molecule has 0 saturated carbocycles. The van der Waals surface area contributed by atoms with E-state index in [1.165, 1.54) is 4.90 Å². The second kappa shape index (κ2) is 7.33. The maximum atomic E-state index is 12.1. The van der Waals surface area contributed by atoms with Gasteiger partial charge in [-0.3, -0.25) is 9.59 Å². The summed E-state index contributed by atoms with van der Waals surface area (Å²) in [6.07, 6.45) is -0.234. The molecule has 0 aliphatic heterocycles. The first-order chi connectivity index (χ1) is 10.9. The van der Waals surface area contributed by atoms with Crippen LogP contribution in [0, 0.1) is 13.8 Å². The molecular formula is C17H19ClN2O3. The first kappa shape index (κ1) is 17.1. The fourth-order valence-electron chi connectivity index (χ4n) is 2.10. The lowest BCUT2D eigenvalue weighted by Gasteiger charge is -2.16. The Hall–Kier alpha value is -2.27. The third-order valence-electron chi connectivity index (χ3n) is 3.47. The van der Waals surface area contributed by atoms with Gasteiger partial charge < -0.3 is 14.6 Å². The first-order valence-corrected chi connectivity index (χ1v) is 7.59. The van der Waals surface area contributed by atoms with Crippen molar-refractivity contribution in [3.05, 3.63) is 52.4 Å². The summed E-state index contributed by atoms with van der Waals surface area (Å²) in [5.74, 6) is 0.818. The number of carbonyl (C=O) groups is 2. The highest BCUT2D eigenvalue weighted by molar-refractivity contribution is 6.31. The topological polar surface area (TPSA) is 62.6 Å². The number of benzene rings is 1. The van der Waals surface area contributed by atoms with Crippen LogP contribution in [0.2, 0.25) is 5.02 Å². The van der Waals surface area contributed by atoms with Crippen molar-refractivity contribution < 1.29 is 14.0 Å². The molecule has 1 aromatic heterocycles. The molecule has 1 aromatic carbocycles. The number of nitrogens with one attached hydrogen (secondary N) is 1. The number of halogens is 1. The normalized spacial score (nSPS) is 10.4. The highest BCUT2D eigenvalue weighted by Crippen LogP contribution is 2.23. The lowest BCUT2D eigenvalue weighted by atomic mass is 10.2. The standard InChI is InChI=1S/C17H19ClN2O3/c1-11-7-8-13(23-11)10-20(3)17(22)9-16(21)19-15-6-4-5-14(18)12(15)2/h4-8H,9-10H2,1-3H3,(H,19,21). The quantitative estimate of drug-likeness (QED) is 0.851. The second-order valence-electron chi connectivity index (χ2n) is 5.40. The van der Waals surface area contributed by atoms with E-state index >= 15 is 0 Å². The van der Waals surface area contributed by atoms with Crippen LogP contribution in [-0.4, -0.2) is 23.8 Å². The molecule has 2 rings (SSSR count). The summed E-state index contributed by atoms with van der Waals surface area (Å²) in [5.41, 5.74) is 1.38. The zero-order valence-electron chi connectivity index (χ0n) is 13.4. The second-order valence-corrected chi connectivity index (χ2v) is 5.81. The summed E-state index contributed by atoms with van der Waals surface area (Å²) >= 11 is 6.01. The van der Waals surface area contributed by atoms with Gasteiger partial charge >= 0.3 is 0 Å². The molecule has 0 atom stereocenters. The van der Waals surface area contributed by atoms with E-state index in [0.29, 0.717) is 23.0 Å². The van der Waals surface area contributed by atoms with Crippen molar-refractivity contribution in [2.45, 2.75) is 26.8 Å². The number of nitrogens with zero attached hydrogens (tertiary/aromatic N) is 1. The van der Waals surface area contributed by atoms with Gasteiger partial charge in [-0.25, -0.2) is 0 Å². The molecule has 2 amide bonds. The average Bonchev–Trinajstić information content (AvgIpc) is 2.89. The van der Waals surface area contributed by atoms with Gasteiger partial charge in [-0.2, -0.15) is 0 Å². The Morgan fingerprint density at radius 2 is 1.96 bits per heavy atom. The van der Waals surface area contributed by atoms with Crippen LogP contribution in [0.5, 0.6) is 0 Å². The molecule has 0 aliphatic rings. The molecule has 1 heterocycles. The Bertz CT molecular complexity index is 724.